The summed E-state index contributed by atoms with van der Waals surface area (Å²) < 4.78 is 16.7. The van der Waals surface area contributed by atoms with Gasteiger partial charge in [0.25, 0.3) is 0 Å². The molecule has 1 aromatic rings. The van der Waals surface area contributed by atoms with Crippen LogP contribution in [0.3, 0.4) is 0 Å². The first-order valence-corrected chi connectivity index (χ1v) is 6.03. The minimum atomic E-state index is -0.811. The highest BCUT2D eigenvalue weighted by atomic mass is 35.5. The Labute approximate surface area is 111 Å². The van der Waals surface area contributed by atoms with Crippen LogP contribution >= 0.6 is 11.6 Å². The van der Waals surface area contributed by atoms with E-state index in [0.717, 1.165) is 0 Å². The summed E-state index contributed by atoms with van der Waals surface area (Å²) in [5.74, 6) is 0. The van der Waals surface area contributed by atoms with Crippen molar-refractivity contribution in [3.8, 4) is 0 Å². The van der Waals surface area contributed by atoms with E-state index in [1.165, 1.54) is 6.20 Å². The fourth-order valence-electron chi connectivity index (χ4n) is 1.48. The van der Waals surface area contributed by atoms with Gasteiger partial charge >= 0.3 is 0 Å². The zero-order chi connectivity index (χ0) is 13.4. The topological polar surface area (TPSA) is 65.7 Å². The third-order valence-corrected chi connectivity index (χ3v) is 2.65. The van der Waals surface area contributed by atoms with Crippen molar-refractivity contribution in [2.45, 2.75) is 12.6 Å². The summed E-state index contributed by atoms with van der Waals surface area (Å²) >= 11 is 5.99. The second-order valence-electron chi connectivity index (χ2n) is 3.68. The van der Waals surface area contributed by atoms with Gasteiger partial charge in [-0.25, -0.2) is 0 Å². The summed E-state index contributed by atoms with van der Waals surface area (Å²) in [7, 11) is 3.20. The third kappa shape index (κ3) is 4.55. The minimum absolute atomic E-state index is 0.155. The molecule has 1 heterocycles. The summed E-state index contributed by atoms with van der Waals surface area (Å²) in [6.45, 7) is 2.11. The van der Waals surface area contributed by atoms with Crippen LogP contribution in [0.1, 0.15) is 11.8 Å². The van der Waals surface area contributed by atoms with Gasteiger partial charge in [0.05, 0.1) is 49.9 Å². The second-order valence-corrected chi connectivity index (χ2v) is 4.08. The SMILES string of the molecule is COCCOCC(O)c1c(Cl)cnn1CCOC. The Hall–Kier alpha value is -0.660. The molecule has 18 heavy (non-hydrogen) atoms. The van der Waals surface area contributed by atoms with E-state index in [4.69, 9.17) is 25.8 Å². The predicted octanol–water partition coefficient (Wildman–Crippen LogP) is 0.879. The van der Waals surface area contributed by atoms with Gasteiger partial charge in [0.15, 0.2) is 0 Å². The smallest absolute Gasteiger partial charge is 0.120 e. The van der Waals surface area contributed by atoms with E-state index < -0.39 is 6.10 Å². The van der Waals surface area contributed by atoms with Gasteiger partial charge in [0.2, 0.25) is 0 Å². The number of nitrogens with zero attached hydrogens (tertiary/aromatic N) is 2. The Morgan fingerprint density at radius 2 is 2.06 bits per heavy atom. The molecule has 0 aliphatic carbocycles. The fraction of sp³-hybridized carbons (Fsp3) is 0.727. The lowest BCUT2D eigenvalue weighted by Crippen LogP contribution is -2.17. The van der Waals surface area contributed by atoms with Gasteiger partial charge in [-0.3, -0.25) is 4.68 Å². The monoisotopic (exact) mass is 278 g/mol. The molecule has 0 radical (unpaired) electrons. The van der Waals surface area contributed by atoms with E-state index in [0.29, 0.717) is 37.1 Å². The van der Waals surface area contributed by atoms with E-state index >= 15 is 0 Å². The predicted molar refractivity (Wildman–Crippen MR) is 66.8 cm³/mol. The highest BCUT2D eigenvalue weighted by Gasteiger charge is 2.18. The van der Waals surface area contributed by atoms with Crippen LogP contribution in [-0.2, 0) is 20.8 Å². The number of rotatable bonds is 9. The van der Waals surface area contributed by atoms with Crippen LogP contribution in [0.5, 0.6) is 0 Å². The Bertz CT molecular complexity index is 346. The first-order chi connectivity index (χ1) is 8.70. The fourth-order valence-corrected chi connectivity index (χ4v) is 1.74. The summed E-state index contributed by atoms with van der Waals surface area (Å²) in [6, 6.07) is 0. The average molecular weight is 279 g/mol. The van der Waals surface area contributed by atoms with Gasteiger partial charge in [-0.15, -0.1) is 0 Å². The largest absolute Gasteiger partial charge is 0.384 e. The van der Waals surface area contributed by atoms with Crippen molar-refractivity contribution in [2.24, 2.45) is 0 Å². The van der Waals surface area contributed by atoms with Crippen LogP contribution < -0.4 is 0 Å². The molecule has 0 aliphatic heterocycles. The van der Waals surface area contributed by atoms with Gasteiger partial charge in [0.1, 0.15) is 6.10 Å². The standard InChI is InChI=1S/C11H19ClN2O4/c1-16-4-3-14-11(9(12)7-13-14)10(15)8-18-6-5-17-2/h7,10,15H,3-6,8H2,1-2H3. The lowest BCUT2D eigenvalue weighted by atomic mass is 10.2. The van der Waals surface area contributed by atoms with E-state index in [1.54, 1.807) is 18.9 Å². The summed E-state index contributed by atoms with van der Waals surface area (Å²) in [4.78, 5) is 0. The number of hydrogen-bond acceptors (Lipinski definition) is 5. The molecule has 1 unspecified atom stereocenters. The zero-order valence-electron chi connectivity index (χ0n) is 10.6. The van der Waals surface area contributed by atoms with Gasteiger partial charge in [-0.05, 0) is 0 Å². The molecular formula is C11H19ClN2O4. The number of ether oxygens (including phenoxy) is 3. The van der Waals surface area contributed by atoms with Gasteiger partial charge in [-0.1, -0.05) is 11.6 Å². The molecule has 0 bridgehead atoms. The maximum atomic E-state index is 10.0. The maximum Gasteiger partial charge on any atom is 0.120 e. The van der Waals surface area contributed by atoms with Crippen molar-refractivity contribution in [2.75, 3.05) is 40.6 Å². The number of hydrogen-bond donors (Lipinski definition) is 1. The molecule has 0 saturated heterocycles. The quantitative estimate of drug-likeness (QED) is 0.679. The van der Waals surface area contributed by atoms with Crippen molar-refractivity contribution >= 4 is 11.6 Å². The molecule has 1 N–H and O–H groups in total. The summed E-state index contributed by atoms with van der Waals surface area (Å²) in [5, 5.41) is 14.5. The molecule has 104 valence electrons. The molecule has 1 rings (SSSR count). The van der Waals surface area contributed by atoms with E-state index in [-0.39, 0.29) is 6.61 Å². The lowest BCUT2D eigenvalue weighted by Gasteiger charge is -2.14. The number of aromatic nitrogens is 2. The van der Waals surface area contributed by atoms with Gasteiger partial charge in [0, 0.05) is 14.2 Å². The van der Waals surface area contributed by atoms with Gasteiger partial charge in [-0.2, -0.15) is 5.10 Å². The minimum Gasteiger partial charge on any atom is -0.384 e. The Morgan fingerprint density at radius 3 is 2.72 bits per heavy atom. The highest BCUT2D eigenvalue weighted by Crippen LogP contribution is 2.22. The zero-order valence-corrected chi connectivity index (χ0v) is 11.4. The molecule has 6 nitrogen and oxygen atoms in total. The average Bonchev–Trinajstić information content (AvgIpc) is 2.73. The number of methoxy groups -OCH3 is 2. The number of halogens is 1. The highest BCUT2D eigenvalue weighted by molar-refractivity contribution is 6.31. The summed E-state index contributed by atoms with van der Waals surface area (Å²) in [6.07, 6.45) is 0.694. The van der Waals surface area contributed by atoms with Crippen LogP contribution in [0.4, 0.5) is 0 Å². The molecule has 1 atom stereocenters. The molecule has 7 heteroatoms. The number of aliphatic hydroxyl groups is 1. The van der Waals surface area contributed by atoms with Crippen LogP contribution in [0, 0.1) is 0 Å². The molecular weight excluding hydrogens is 260 g/mol. The Morgan fingerprint density at radius 1 is 1.33 bits per heavy atom. The summed E-state index contributed by atoms with van der Waals surface area (Å²) in [5.41, 5.74) is 0.547. The molecule has 0 saturated carbocycles. The van der Waals surface area contributed by atoms with E-state index in [2.05, 4.69) is 5.10 Å². The first kappa shape index (κ1) is 15.4. The second kappa shape index (κ2) is 8.44. The number of aliphatic hydroxyl groups excluding tert-OH is 1. The van der Waals surface area contributed by atoms with Crippen LogP contribution in [0.2, 0.25) is 5.02 Å². The molecule has 1 aromatic heterocycles. The third-order valence-electron chi connectivity index (χ3n) is 2.36. The van der Waals surface area contributed by atoms with Crippen molar-refractivity contribution < 1.29 is 19.3 Å². The van der Waals surface area contributed by atoms with Crippen LogP contribution in [0.25, 0.3) is 0 Å². The molecule has 0 aliphatic rings. The van der Waals surface area contributed by atoms with Crippen LogP contribution in [-0.4, -0.2) is 55.5 Å². The van der Waals surface area contributed by atoms with E-state index in [9.17, 15) is 5.11 Å². The van der Waals surface area contributed by atoms with Crippen molar-refractivity contribution in [3.05, 3.63) is 16.9 Å². The van der Waals surface area contributed by atoms with Crippen molar-refractivity contribution in [3.63, 3.8) is 0 Å². The Kier molecular flexibility index (Phi) is 7.22. The van der Waals surface area contributed by atoms with Crippen LogP contribution in [0.15, 0.2) is 6.20 Å². The molecule has 0 spiro atoms. The molecule has 0 amide bonds. The molecule has 0 aromatic carbocycles. The van der Waals surface area contributed by atoms with Gasteiger partial charge < -0.3 is 19.3 Å². The first-order valence-electron chi connectivity index (χ1n) is 5.65. The van der Waals surface area contributed by atoms with Crippen molar-refractivity contribution in [1.29, 1.82) is 0 Å². The maximum absolute atomic E-state index is 10.0. The normalized spacial score (nSPS) is 12.9. The molecule has 0 fully saturated rings. The van der Waals surface area contributed by atoms with E-state index in [1.807, 2.05) is 0 Å². The Balaban J connectivity index is 2.54. The van der Waals surface area contributed by atoms with Crippen molar-refractivity contribution in [1.82, 2.24) is 9.78 Å². The lowest BCUT2D eigenvalue weighted by molar-refractivity contribution is 0.00897.